The van der Waals surface area contributed by atoms with Crippen LogP contribution in [-0.4, -0.2) is 0 Å². The molecule has 2 nitrogen and oxygen atoms in total. The Labute approximate surface area is 117 Å². The molecule has 0 heterocycles. The summed E-state index contributed by atoms with van der Waals surface area (Å²) >= 11 is 6.12. The van der Waals surface area contributed by atoms with Crippen molar-refractivity contribution in [2.45, 2.75) is 19.4 Å². The Kier molecular flexibility index (Phi) is 4.53. The Bertz CT molecular complexity index is 555. The van der Waals surface area contributed by atoms with Gasteiger partial charge in [0.25, 0.3) is 0 Å². The minimum Gasteiger partial charge on any atom is -0.271 e. The number of nitrogens with two attached hydrogens (primary N) is 1. The highest BCUT2D eigenvalue weighted by Gasteiger charge is 2.11. The molecule has 0 spiro atoms. The summed E-state index contributed by atoms with van der Waals surface area (Å²) in [6.07, 6.45) is 0.677. The van der Waals surface area contributed by atoms with Crippen LogP contribution in [0.1, 0.15) is 22.7 Å². The van der Waals surface area contributed by atoms with Crippen molar-refractivity contribution in [2.75, 3.05) is 0 Å². The number of benzene rings is 2. The molecule has 4 heteroatoms. The number of halogens is 2. The second-order valence-electron chi connectivity index (χ2n) is 4.56. The van der Waals surface area contributed by atoms with E-state index in [-0.39, 0.29) is 11.9 Å². The third-order valence-corrected chi connectivity index (χ3v) is 3.56. The normalized spacial score (nSPS) is 12.4. The number of hydrogen-bond donors (Lipinski definition) is 2. The summed E-state index contributed by atoms with van der Waals surface area (Å²) < 4.78 is 12.9. The lowest BCUT2D eigenvalue weighted by molar-refractivity contribution is 0.550. The molecule has 100 valence electrons. The van der Waals surface area contributed by atoms with Crippen molar-refractivity contribution in [3.8, 4) is 0 Å². The molecule has 0 saturated heterocycles. The van der Waals surface area contributed by atoms with Gasteiger partial charge in [0.2, 0.25) is 0 Å². The van der Waals surface area contributed by atoms with Crippen molar-refractivity contribution in [3.63, 3.8) is 0 Å². The smallest absolute Gasteiger partial charge is 0.123 e. The number of aryl methyl sites for hydroxylation is 1. The van der Waals surface area contributed by atoms with Gasteiger partial charge in [0, 0.05) is 5.02 Å². The van der Waals surface area contributed by atoms with E-state index < -0.39 is 0 Å². The number of rotatable bonds is 4. The quantitative estimate of drug-likeness (QED) is 0.663. The predicted molar refractivity (Wildman–Crippen MR) is 76.4 cm³/mol. The van der Waals surface area contributed by atoms with Gasteiger partial charge in [-0.1, -0.05) is 35.9 Å². The van der Waals surface area contributed by atoms with Gasteiger partial charge in [-0.2, -0.15) is 0 Å². The molecular formula is C15H16ClFN2. The van der Waals surface area contributed by atoms with Crippen LogP contribution in [0.2, 0.25) is 5.02 Å². The summed E-state index contributed by atoms with van der Waals surface area (Å²) in [4.78, 5) is 0. The number of hydrogen-bond acceptors (Lipinski definition) is 2. The first-order chi connectivity index (χ1) is 9.10. The van der Waals surface area contributed by atoms with E-state index in [1.54, 1.807) is 12.1 Å². The van der Waals surface area contributed by atoms with E-state index in [1.807, 2.05) is 25.1 Å². The van der Waals surface area contributed by atoms with E-state index in [4.69, 9.17) is 17.4 Å². The van der Waals surface area contributed by atoms with Gasteiger partial charge in [0.05, 0.1) is 6.04 Å². The Morgan fingerprint density at radius 1 is 1.21 bits per heavy atom. The molecule has 0 aliphatic rings. The average Bonchev–Trinajstić information content (AvgIpc) is 2.41. The first-order valence-electron chi connectivity index (χ1n) is 6.07. The lowest BCUT2D eigenvalue weighted by Gasteiger charge is -2.17. The average molecular weight is 279 g/mol. The van der Waals surface area contributed by atoms with Crippen LogP contribution in [0.25, 0.3) is 0 Å². The first kappa shape index (κ1) is 14.0. The Hall–Kier alpha value is -1.42. The molecule has 0 amide bonds. The largest absolute Gasteiger partial charge is 0.271 e. The van der Waals surface area contributed by atoms with Crippen LogP contribution in [0.4, 0.5) is 4.39 Å². The Morgan fingerprint density at radius 2 is 1.89 bits per heavy atom. The zero-order valence-corrected chi connectivity index (χ0v) is 11.4. The minimum atomic E-state index is -0.237. The second-order valence-corrected chi connectivity index (χ2v) is 4.97. The molecule has 2 rings (SSSR count). The molecule has 0 aliphatic carbocycles. The zero-order chi connectivity index (χ0) is 13.8. The Balaban J connectivity index is 2.19. The van der Waals surface area contributed by atoms with Gasteiger partial charge < -0.3 is 0 Å². The van der Waals surface area contributed by atoms with Gasteiger partial charge in [-0.3, -0.25) is 11.3 Å². The summed E-state index contributed by atoms with van der Waals surface area (Å²) in [5.74, 6) is 5.37. The van der Waals surface area contributed by atoms with E-state index in [0.29, 0.717) is 6.42 Å². The van der Waals surface area contributed by atoms with Crippen molar-refractivity contribution in [1.82, 2.24) is 5.43 Å². The summed E-state index contributed by atoms with van der Waals surface area (Å²) in [6.45, 7) is 1.96. The van der Waals surface area contributed by atoms with Crippen molar-refractivity contribution in [1.29, 1.82) is 0 Å². The summed E-state index contributed by atoms with van der Waals surface area (Å²) in [5.41, 5.74) is 5.84. The lowest BCUT2D eigenvalue weighted by Crippen LogP contribution is -2.29. The summed E-state index contributed by atoms with van der Waals surface area (Å²) in [5, 5.41) is 0.719. The van der Waals surface area contributed by atoms with Crippen LogP contribution in [0.5, 0.6) is 0 Å². The molecule has 3 N–H and O–H groups in total. The summed E-state index contributed by atoms with van der Waals surface area (Å²) in [7, 11) is 0. The van der Waals surface area contributed by atoms with E-state index in [9.17, 15) is 4.39 Å². The van der Waals surface area contributed by atoms with Crippen LogP contribution in [0, 0.1) is 12.7 Å². The van der Waals surface area contributed by atoms with Gasteiger partial charge in [-0.15, -0.1) is 0 Å². The molecule has 0 aliphatic heterocycles. The molecule has 1 atom stereocenters. The molecule has 2 aromatic carbocycles. The minimum absolute atomic E-state index is 0.0523. The van der Waals surface area contributed by atoms with Crippen LogP contribution in [0.3, 0.4) is 0 Å². The molecule has 0 radical (unpaired) electrons. The van der Waals surface area contributed by atoms with Crippen LogP contribution < -0.4 is 11.3 Å². The third kappa shape index (κ3) is 3.53. The van der Waals surface area contributed by atoms with Gasteiger partial charge in [0.15, 0.2) is 0 Å². The van der Waals surface area contributed by atoms with E-state index in [2.05, 4.69) is 5.43 Å². The lowest BCUT2D eigenvalue weighted by atomic mass is 9.98. The SMILES string of the molecule is Cc1ccc(C(Cc2ccc(F)cc2)NN)cc1Cl. The molecule has 19 heavy (non-hydrogen) atoms. The first-order valence-corrected chi connectivity index (χ1v) is 6.44. The van der Waals surface area contributed by atoms with Crippen LogP contribution in [0.15, 0.2) is 42.5 Å². The zero-order valence-electron chi connectivity index (χ0n) is 10.7. The monoisotopic (exact) mass is 278 g/mol. The van der Waals surface area contributed by atoms with Crippen molar-refractivity contribution < 1.29 is 4.39 Å². The fourth-order valence-corrected chi connectivity index (χ4v) is 2.14. The van der Waals surface area contributed by atoms with E-state index >= 15 is 0 Å². The highest BCUT2D eigenvalue weighted by molar-refractivity contribution is 6.31. The predicted octanol–water partition coefficient (Wildman–Crippen LogP) is 3.53. The maximum atomic E-state index is 12.9. The van der Waals surface area contributed by atoms with Crippen molar-refractivity contribution in [2.24, 2.45) is 5.84 Å². The third-order valence-electron chi connectivity index (χ3n) is 3.15. The van der Waals surface area contributed by atoms with E-state index in [1.165, 1.54) is 12.1 Å². The molecule has 0 fully saturated rings. The van der Waals surface area contributed by atoms with Gasteiger partial charge in [0.1, 0.15) is 5.82 Å². The number of nitrogens with one attached hydrogen (secondary N) is 1. The standard InChI is InChI=1S/C15H16ClFN2/c1-10-2-5-12(9-14(10)16)15(19-18)8-11-3-6-13(17)7-4-11/h2-7,9,15,19H,8,18H2,1H3. The van der Waals surface area contributed by atoms with Gasteiger partial charge >= 0.3 is 0 Å². The molecular weight excluding hydrogens is 263 g/mol. The van der Waals surface area contributed by atoms with Gasteiger partial charge in [-0.05, 0) is 48.2 Å². The van der Waals surface area contributed by atoms with Crippen molar-refractivity contribution >= 4 is 11.6 Å². The molecule has 0 saturated carbocycles. The number of hydrazine groups is 1. The fraction of sp³-hybridized carbons (Fsp3) is 0.200. The van der Waals surface area contributed by atoms with Crippen LogP contribution >= 0.6 is 11.6 Å². The maximum absolute atomic E-state index is 12.9. The molecule has 0 aromatic heterocycles. The van der Waals surface area contributed by atoms with Crippen LogP contribution in [-0.2, 0) is 6.42 Å². The maximum Gasteiger partial charge on any atom is 0.123 e. The highest BCUT2D eigenvalue weighted by atomic mass is 35.5. The summed E-state index contributed by atoms with van der Waals surface area (Å²) in [6, 6.07) is 12.2. The molecule has 1 unspecified atom stereocenters. The Morgan fingerprint density at radius 3 is 2.47 bits per heavy atom. The highest BCUT2D eigenvalue weighted by Crippen LogP contribution is 2.23. The fourth-order valence-electron chi connectivity index (χ4n) is 1.96. The molecule has 2 aromatic rings. The van der Waals surface area contributed by atoms with E-state index in [0.717, 1.165) is 21.7 Å². The second kappa shape index (κ2) is 6.15. The van der Waals surface area contributed by atoms with Gasteiger partial charge in [-0.25, -0.2) is 4.39 Å². The van der Waals surface area contributed by atoms with Crippen molar-refractivity contribution in [3.05, 3.63) is 70.0 Å². The molecule has 0 bridgehead atoms. The topological polar surface area (TPSA) is 38.0 Å².